The van der Waals surface area contributed by atoms with Crippen molar-refractivity contribution in [2.75, 3.05) is 5.73 Å². The van der Waals surface area contributed by atoms with Crippen LogP contribution in [0, 0.1) is 5.41 Å². The Morgan fingerprint density at radius 3 is 1.85 bits per heavy atom. The summed E-state index contributed by atoms with van der Waals surface area (Å²) in [6.45, 7) is 6.52. The summed E-state index contributed by atoms with van der Waals surface area (Å²) in [4.78, 5) is 0. The van der Waals surface area contributed by atoms with Gasteiger partial charge in [0.15, 0.2) is 0 Å². The van der Waals surface area contributed by atoms with Gasteiger partial charge < -0.3 is 10.2 Å². The summed E-state index contributed by atoms with van der Waals surface area (Å²) in [6, 6.07) is 26.5. The predicted octanol–water partition coefficient (Wildman–Crippen LogP) is 4.83. The highest BCUT2D eigenvalue weighted by molar-refractivity contribution is 6.80. The van der Waals surface area contributed by atoms with Gasteiger partial charge in [-0.1, -0.05) is 93.0 Å². The lowest BCUT2D eigenvalue weighted by Gasteiger charge is -2.35. The second-order valence-electron chi connectivity index (χ2n) is 7.71. The zero-order valence-electron chi connectivity index (χ0n) is 15.9. The van der Waals surface area contributed by atoms with E-state index < -0.39 is 9.04 Å². The van der Waals surface area contributed by atoms with Gasteiger partial charge in [-0.3, -0.25) is 0 Å². The second kappa shape index (κ2) is 8.30. The van der Waals surface area contributed by atoms with Crippen LogP contribution in [0.3, 0.4) is 0 Å². The number of halogens is 1. The quantitative estimate of drug-likeness (QED) is 0.496. The van der Waals surface area contributed by atoms with Gasteiger partial charge in [-0.15, -0.1) is 0 Å². The molecular formula is C23H25ClNOSi. The molecule has 2 N–H and O–H groups in total. The Morgan fingerprint density at radius 2 is 1.37 bits per heavy atom. The molecule has 139 valence electrons. The lowest BCUT2D eigenvalue weighted by molar-refractivity contribution is 0.0898. The molecule has 0 heterocycles. The molecule has 3 rings (SSSR count). The van der Waals surface area contributed by atoms with Crippen LogP contribution in [0.25, 0.3) is 0 Å². The van der Waals surface area contributed by atoms with Crippen molar-refractivity contribution in [3.8, 4) is 0 Å². The highest BCUT2D eigenvalue weighted by atomic mass is 35.5. The van der Waals surface area contributed by atoms with E-state index in [1.165, 1.54) is 10.4 Å². The van der Waals surface area contributed by atoms with Gasteiger partial charge in [0.25, 0.3) is 9.04 Å². The topological polar surface area (TPSA) is 35.2 Å². The minimum Gasteiger partial charge on any atom is -0.400 e. The van der Waals surface area contributed by atoms with Gasteiger partial charge in [0.2, 0.25) is 0 Å². The number of hydrogen-bond acceptors (Lipinski definition) is 2. The number of benzene rings is 3. The van der Waals surface area contributed by atoms with Crippen molar-refractivity contribution in [2.24, 2.45) is 5.41 Å². The van der Waals surface area contributed by atoms with E-state index in [0.29, 0.717) is 10.7 Å². The van der Waals surface area contributed by atoms with Crippen LogP contribution in [-0.2, 0) is 4.43 Å². The summed E-state index contributed by atoms with van der Waals surface area (Å²) in [5.41, 5.74) is 7.55. The third kappa shape index (κ3) is 4.81. The fourth-order valence-electron chi connectivity index (χ4n) is 3.07. The first-order chi connectivity index (χ1) is 12.9. The van der Waals surface area contributed by atoms with Gasteiger partial charge in [0, 0.05) is 16.3 Å². The largest absolute Gasteiger partial charge is 0.400 e. The Hall–Kier alpha value is -2.07. The normalized spacial score (nSPS) is 12.9. The maximum absolute atomic E-state index is 6.87. The van der Waals surface area contributed by atoms with Crippen molar-refractivity contribution in [2.45, 2.75) is 26.9 Å². The third-order valence-electron chi connectivity index (χ3n) is 4.40. The zero-order chi connectivity index (χ0) is 19.4. The molecule has 0 bridgehead atoms. The second-order valence-corrected chi connectivity index (χ2v) is 10.2. The SMILES string of the molecule is CC(C)(C)C(O[Si](c1ccccc1)c1ccccc1)c1cc(N)ccc1Cl. The molecule has 1 unspecified atom stereocenters. The number of nitrogens with two attached hydrogens (primary N) is 1. The van der Waals surface area contributed by atoms with Crippen molar-refractivity contribution >= 4 is 36.7 Å². The minimum atomic E-state index is -1.46. The molecule has 2 nitrogen and oxygen atoms in total. The first kappa shape index (κ1) is 19.7. The van der Waals surface area contributed by atoms with E-state index >= 15 is 0 Å². The number of anilines is 1. The lowest BCUT2D eigenvalue weighted by atomic mass is 9.84. The van der Waals surface area contributed by atoms with Crippen LogP contribution in [0.1, 0.15) is 32.4 Å². The Bertz CT molecular complexity index is 838. The first-order valence-electron chi connectivity index (χ1n) is 9.05. The van der Waals surface area contributed by atoms with Gasteiger partial charge in [-0.05, 0) is 34.0 Å². The third-order valence-corrected chi connectivity index (χ3v) is 6.93. The Labute approximate surface area is 168 Å². The molecule has 3 aromatic carbocycles. The molecule has 4 heteroatoms. The Kier molecular flexibility index (Phi) is 6.05. The van der Waals surface area contributed by atoms with E-state index in [4.69, 9.17) is 21.8 Å². The van der Waals surface area contributed by atoms with E-state index in [0.717, 1.165) is 5.56 Å². The molecular weight excluding hydrogens is 370 g/mol. The van der Waals surface area contributed by atoms with Crippen LogP contribution in [0.2, 0.25) is 5.02 Å². The van der Waals surface area contributed by atoms with Gasteiger partial charge >= 0.3 is 0 Å². The summed E-state index contributed by atoms with van der Waals surface area (Å²) >= 11 is 6.55. The van der Waals surface area contributed by atoms with Crippen molar-refractivity contribution in [1.82, 2.24) is 0 Å². The molecule has 0 aliphatic carbocycles. The van der Waals surface area contributed by atoms with Gasteiger partial charge in [0.1, 0.15) is 0 Å². The highest BCUT2D eigenvalue weighted by Crippen LogP contribution is 2.40. The maximum Gasteiger partial charge on any atom is 0.283 e. The molecule has 0 aliphatic rings. The smallest absolute Gasteiger partial charge is 0.283 e. The molecule has 0 aliphatic heterocycles. The Balaban J connectivity index is 2.07. The van der Waals surface area contributed by atoms with Crippen LogP contribution in [0.15, 0.2) is 78.9 Å². The number of nitrogen functional groups attached to an aromatic ring is 1. The van der Waals surface area contributed by atoms with Gasteiger partial charge in [-0.2, -0.15) is 0 Å². The van der Waals surface area contributed by atoms with Gasteiger partial charge in [-0.25, -0.2) is 0 Å². The lowest BCUT2D eigenvalue weighted by Crippen LogP contribution is -2.47. The van der Waals surface area contributed by atoms with Crippen molar-refractivity contribution in [3.05, 3.63) is 89.4 Å². The molecule has 0 aromatic heterocycles. The zero-order valence-corrected chi connectivity index (χ0v) is 17.7. The molecule has 0 spiro atoms. The van der Waals surface area contributed by atoms with Crippen molar-refractivity contribution in [3.63, 3.8) is 0 Å². The summed E-state index contributed by atoms with van der Waals surface area (Å²) in [5, 5.41) is 3.11. The van der Waals surface area contributed by atoms with Crippen LogP contribution < -0.4 is 16.1 Å². The number of hydrogen-bond donors (Lipinski definition) is 1. The minimum absolute atomic E-state index is 0.142. The Morgan fingerprint density at radius 1 is 0.852 bits per heavy atom. The van der Waals surface area contributed by atoms with Crippen molar-refractivity contribution < 1.29 is 4.43 Å². The molecule has 3 aromatic rings. The molecule has 0 saturated carbocycles. The fourth-order valence-corrected chi connectivity index (χ4v) is 5.60. The first-order valence-corrected chi connectivity index (χ1v) is 10.8. The maximum atomic E-state index is 6.87. The van der Waals surface area contributed by atoms with Gasteiger partial charge in [0.05, 0.1) is 6.10 Å². The molecule has 0 saturated heterocycles. The molecule has 1 atom stereocenters. The van der Waals surface area contributed by atoms with Crippen LogP contribution >= 0.6 is 11.6 Å². The average Bonchev–Trinajstić information content (AvgIpc) is 2.65. The summed E-state index contributed by atoms with van der Waals surface area (Å²) in [5.74, 6) is 0. The summed E-state index contributed by atoms with van der Waals surface area (Å²) in [6.07, 6.45) is -0.178. The van der Waals surface area contributed by atoms with Crippen molar-refractivity contribution in [1.29, 1.82) is 0 Å². The highest BCUT2D eigenvalue weighted by Gasteiger charge is 2.33. The summed E-state index contributed by atoms with van der Waals surface area (Å²) < 4.78 is 6.87. The van der Waals surface area contributed by atoms with E-state index in [-0.39, 0.29) is 11.5 Å². The monoisotopic (exact) mass is 394 g/mol. The molecule has 0 fully saturated rings. The van der Waals surface area contributed by atoms with E-state index in [1.54, 1.807) is 0 Å². The standard InChI is InChI=1S/C23H25ClNOSi/c1-23(2,3)22(20-16-17(25)14-15-21(20)24)26-27(18-10-6-4-7-11-18)19-12-8-5-9-13-19/h4-16,22H,25H2,1-3H3. The van der Waals surface area contributed by atoms with Crippen LogP contribution in [0.5, 0.6) is 0 Å². The van der Waals surface area contributed by atoms with Crippen LogP contribution in [0.4, 0.5) is 5.69 Å². The molecule has 27 heavy (non-hydrogen) atoms. The molecule has 0 amide bonds. The molecule has 1 radical (unpaired) electrons. The van der Waals surface area contributed by atoms with E-state index in [1.807, 2.05) is 30.3 Å². The average molecular weight is 395 g/mol. The van der Waals surface area contributed by atoms with E-state index in [2.05, 4.69) is 69.3 Å². The fraction of sp³-hybridized carbons (Fsp3) is 0.217. The summed E-state index contributed by atoms with van der Waals surface area (Å²) in [7, 11) is -1.46. The van der Waals surface area contributed by atoms with Crippen LogP contribution in [-0.4, -0.2) is 9.04 Å². The predicted molar refractivity (Wildman–Crippen MR) is 117 cm³/mol. The number of rotatable bonds is 5. The van der Waals surface area contributed by atoms with E-state index in [9.17, 15) is 0 Å².